The molecule has 0 radical (unpaired) electrons. The topological polar surface area (TPSA) is 39.7 Å². The number of benzene rings is 1. The van der Waals surface area contributed by atoms with Crippen LogP contribution in [0.15, 0.2) is 42.6 Å². The van der Waals surface area contributed by atoms with E-state index in [2.05, 4.69) is 9.88 Å². The van der Waals surface area contributed by atoms with Crippen LogP contribution in [0.25, 0.3) is 0 Å². The highest BCUT2D eigenvalue weighted by atomic mass is 19.4. The van der Waals surface area contributed by atoms with Crippen LogP contribution in [0.1, 0.15) is 42.5 Å². The highest BCUT2D eigenvalue weighted by Gasteiger charge is 2.64. The zero-order valence-electron chi connectivity index (χ0n) is 19.3. The van der Waals surface area contributed by atoms with Crippen LogP contribution in [-0.4, -0.2) is 58.4 Å². The highest BCUT2D eigenvalue weighted by Crippen LogP contribution is 2.57. The van der Waals surface area contributed by atoms with Crippen molar-refractivity contribution in [2.24, 2.45) is 5.92 Å². The normalized spacial score (nSPS) is 27.1. The number of carbonyl (C=O) groups excluding carboxylic acids is 1. The molecule has 1 aromatic carbocycles. The predicted molar refractivity (Wildman–Crippen MR) is 118 cm³/mol. The first-order chi connectivity index (χ1) is 16.0. The standard InChI is InChI=1S/C25H28F4N4O/c1-31(2)24(19-4-3-5-20(26)10-19)14-23(15-24)16-32(22(34)33(23)13-17-6-7-17)12-18-8-9-21(30-11-18)25(27,28)29/h3-5,8-11,17H,6-7,12-16H2,1-2H3/t23-,24+. The Bertz CT molecular complexity index is 1080. The highest BCUT2D eigenvalue weighted by molar-refractivity contribution is 5.79. The van der Waals surface area contributed by atoms with Crippen molar-refractivity contribution in [2.75, 3.05) is 27.2 Å². The molecule has 9 heteroatoms. The summed E-state index contributed by atoms with van der Waals surface area (Å²) in [5.74, 6) is 0.213. The van der Waals surface area contributed by atoms with Gasteiger partial charge in [0.1, 0.15) is 11.5 Å². The average molecular weight is 477 g/mol. The minimum atomic E-state index is -4.49. The summed E-state index contributed by atoms with van der Waals surface area (Å²) in [7, 11) is 3.96. The number of urea groups is 1. The van der Waals surface area contributed by atoms with E-state index >= 15 is 0 Å². The van der Waals surface area contributed by atoms with Crippen LogP contribution in [0.5, 0.6) is 0 Å². The quantitative estimate of drug-likeness (QED) is 0.558. The van der Waals surface area contributed by atoms with Crippen LogP contribution in [0.3, 0.4) is 0 Å². The van der Waals surface area contributed by atoms with Crippen molar-refractivity contribution in [1.82, 2.24) is 19.7 Å². The molecule has 1 saturated heterocycles. The molecule has 1 aromatic heterocycles. The number of rotatable bonds is 6. The van der Waals surface area contributed by atoms with Crippen molar-refractivity contribution < 1.29 is 22.4 Å². The maximum atomic E-state index is 14.0. The number of amides is 2. The summed E-state index contributed by atoms with van der Waals surface area (Å²) in [6, 6.07) is 8.91. The Labute approximate surface area is 196 Å². The SMILES string of the molecule is CN(C)[C@]1(c2cccc(F)c2)C[C@@]2(CN(Cc3ccc(C(F)(F)F)nc3)C(=O)N2CC2CC2)C1. The third-order valence-corrected chi connectivity index (χ3v) is 7.65. The molecule has 3 aliphatic rings. The summed E-state index contributed by atoms with van der Waals surface area (Å²) in [4.78, 5) is 22.8. The van der Waals surface area contributed by atoms with Crippen molar-refractivity contribution in [2.45, 2.75) is 49.5 Å². The monoisotopic (exact) mass is 476 g/mol. The zero-order chi connectivity index (χ0) is 24.3. The van der Waals surface area contributed by atoms with E-state index in [1.54, 1.807) is 17.0 Å². The first kappa shape index (κ1) is 23.1. The Hall–Kier alpha value is -2.68. The molecular weight excluding hydrogens is 448 g/mol. The number of halogens is 4. The fourth-order valence-electron chi connectivity index (χ4n) is 5.64. The molecule has 5 rings (SSSR count). The van der Waals surface area contributed by atoms with Gasteiger partial charge >= 0.3 is 12.2 Å². The second-order valence-corrected chi connectivity index (χ2v) is 10.3. The van der Waals surface area contributed by atoms with E-state index in [9.17, 15) is 22.4 Å². The van der Waals surface area contributed by atoms with Gasteiger partial charge in [0.15, 0.2) is 0 Å². The van der Waals surface area contributed by atoms with Crippen LogP contribution < -0.4 is 0 Å². The maximum Gasteiger partial charge on any atom is 0.433 e. The molecule has 0 atom stereocenters. The van der Waals surface area contributed by atoms with E-state index in [4.69, 9.17) is 0 Å². The van der Waals surface area contributed by atoms with Gasteiger partial charge in [-0.05, 0) is 75.0 Å². The van der Waals surface area contributed by atoms with Gasteiger partial charge in [0.2, 0.25) is 0 Å². The first-order valence-corrected chi connectivity index (χ1v) is 11.5. The molecule has 34 heavy (non-hydrogen) atoms. The van der Waals surface area contributed by atoms with Crippen molar-refractivity contribution >= 4 is 6.03 Å². The molecule has 1 aliphatic heterocycles. The van der Waals surface area contributed by atoms with Gasteiger partial charge in [-0.3, -0.25) is 9.88 Å². The summed E-state index contributed by atoms with van der Waals surface area (Å²) in [6.45, 7) is 1.39. The van der Waals surface area contributed by atoms with Crippen LogP contribution in [0.4, 0.5) is 22.4 Å². The largest absolute Gasteiger partial charge is 0.433 e. The lowest BCUT2D eigenvalue weighted by Crippen LogP contribution is -2.67. The fourth-order valence-corrected chi connectivity index (χ4v) is 5.64. The second-order valence-electron chi connectivity index (χ2n) is 10.3. The van der Waals surface area contributed by atoms with E-state index in [0.29, 0.717) is 37.4 Å². The third kappa shape index (κ3) is 3.93. The van der Waals surface area contributed by atoms with Crippen LogP contribution in [0.2, 0.25) is 0 Å². The van der Waals surface area contributed by atoms with Gasteiger partial charge in [0, 0.05) is 25.8 Å². The molecule has 0 unspecified atom stereocenters. The predicted octanol–water partition coefficient (Wildman–Crippen LogP) is 4.88. The molecule has 5 nitrogen and oxygen atoms in total. The number of pyridine rings is 1. The third-order valence-electron chi connectivity index (χ3n) is 7.65. The average Bonchev–Trinajstić information content (AvgIpc) is 3.52. The lowest BCUT2D eigenvalue weighted by molar-refractivity contribution is -0.141. The maximum absolute atomic E-state index is 14.0. The number of alkyl halides is 3. The fraction of sp³-hybridized carbons (Fsp3) is 0.520. The summed E-state index contributed by atoms with van der Waals surface area (Å²) in [5, 5.41) is 0. The lowest BCUT2D eigenvalue weighted by Gasteiger charge is -2.60. The van der Waals surface area contributed by atoms with E-state index in [-0.39, 0.29) is 29.5 Å². The van der Waals surface area contributed by atoms with Gasteiger partial charge in [-0.2, -0.15) is 13.2 Å². The minimum absolute atomic E-state index is 0.0848. The van der Waals surface area contributed by atoms with Crippen LogP contribution in [0, 0.1) is 11.7 Å². The molecule has 2 heterocycles. The summed E-state index contributed by atoms with van der Waals surface area (Å²) in [5.41, 5.74) is -0.243. The van der Waals surface area contributed by atoms with E-state index in [1.807, 2.05) is 25.1 Å². The molecule has 3 fully saturated rings. The summed E-state index contributed by atoms with van der Waals surface area (Å²) < 4.78 is 52.6. The van der Waals surface area contributed by atoms with Gasteiger partial charge in [-0.25, -0.2) is 9.18 Å². The van der Waals surface area contributed by atoms with E-state index in [0.717, 1.165) is 24.5 Å². The Kier molecular flexibility index (Phi) is 5.39. The molecule has 182 valence electrons. The van der Waals surface area contributed by atoms with Crippen molar-refractivity contribution in [3.05, 3.63) is 65.2 Å². The minimum Gasteiger partial charge on any atom is -0.318 e. The smallest absolute Gasteiger partial charge is 0.318 e. The number of nitrogens with zero attached hydrogens (tertiary/aromatic N) is 4. The van der Waals surface area contributed by atoms with Crippen molar-refractivity contribution in [1.29, 1.82) is 0 Å². The number of hydrogen-bond acceptors (Lipinski definition) is 3. The van der Waals surface area contributed by atoms with Crippen molar-refractivity contribution in [3.63, 3.8) is 0 Å². The van der Waals surface area contributed by atoms with Gasteiger partial charge in [-0.15, -0.1) is 0 Å². The van der Waals surface area contributed by atoms with Gasteiger partial charge in [-0.1, -0.05) is 18.2 Å². The van der Waals surface area contributed by atoms with E-state index in [1.165, 1.54) is 18.3 Å². The Morgan fingerprint density at radius 1 is 1.15 bits per heavy atom. The number of carbonyl (C=O) groups is 1. The first-order valence-electron chi connectivity index (χ1n) is 11.5. The van der Waals surface area contributed by atoms with Crippen molar-refractivity contribution in [3.8, 4) is 0 Å². The molecule has 2 saturated carbocycles. The number of hydrogen-bond donors (Lipinski definition) is 0. The molecule has 0 N–H and O–H groups in total. The van der Waals surface area contributed by atoms with Crippen LogP contribution >= 0.6 is 0 Å². The Morgan fingerprint density at radius 3 is 2.44 bits per heavy atom. The number of aromatic nitrogens is 1. The van der Waals surface area contributed by atoms with E-state index < -0.39 is 11.9 Å². The van der Waals surface area contributed by atoms with Gasteiger partial charge in [0.25, 0.3) is 0 Å². The molecule has 2 aliphatic carbocycles. The lowest BCUT2D eigenvalue weighted by atomic mass is 9.58. The second kappa shape index (κ2) is 7.93. The summed E-state index contributed by atoms with van der Waals surface area (Å²) >= 11 is 0. The van der Waals surface area contributed by atoms with Crippen LogP contribution in [-0.2, 0) is 18.3 Å². The molecule has 2 aromatic rings. The zero-order valence-corrected chi connectivity index (χ0v) is 19.3. The van der Waals surface area contributed by atoms with Gasteiger partial charge < -0.3 is 9.80 Å². The Morgan fingerprint density at radius 2 is 1.88 bits per heavy atom. The molecule has 0 bridgehead atoms. The molecule has 1 spiro atoms. The molecule has 2 amide bonds. The summed E-state index contributed by atoms with van der Waals surface area (Å²) in [6.07, 6.45) is 0.263. The Balaban J connectivity index is 1.39. The van der Waals surface area contributed by atoms with Gasteiger partial charge in [0.05, 0.1) is 11.1 Å². The molecular formula is C25H28F4N4O.